The van der Waals surface area contributed by atoms with Gasteiger partial charge in [-0.05, 0) is 38.0 Å². The van der Waals surface area contributed by atoms with Crippen molar-refractivity contribution < 1.29 is 0 Å². The molecule has 1 atom stereocenters. The summed E-state index contributed by atoms with van der Waals surface area (Å²) in [4.78, 5) is 0. The summed E-state index contributed by atoms with van der Waals surface area (Å²) in [6.07, 6.45) is 7.40. The van der Waals surface area contributed by atoms with Crippen LogP contribution in [0, 0.1) is 5.41 Å². The lowest BCUT2D eigenvalue weighted by Crippen LogP contribution is -2.46. The van der Waals surface area contributed by atoms with E-state index in [1.807, 2.05) is 0 Å². The second kappa shape index (κ2) is 2.87. The molecule has 1 spiro atoms. The van der Waals surface area contributed by atoms with E-state index in [4.69, 9.17) is 0 Å². The second-order valence-electron chi connectivity index (χ2n) is 4.30. The van der Waals surface area contributed by atoms with E-state index in [2.05, 4.69) is 32.9 Å². The molecule has 0 N–H and O–H groups in total. The Labute approximate surface area is 83.0 Å². The topological polar surface area (TPSA) is 3.24 Å². The van der Waals surface area contributed by atoms with Gasteiger partial charge >= 0.3 is 0 Å². The zero-order valence-corrected chi connectivity index (χ0v) is 9.30. The lowest BCUT2D eigenvalue weighted by atomic mass is 9.64. The highest BCUT2D eigenvalue weighted by Gasteiger charge is 2.41. The Morgan fingerprint density at radius 1 is 1.36 bits per heavy atom. The van der Waals surface area contributed by atoms with Crippen LogP contribution in [0.2, 0.25) is 0 Å². The smallest absolute Gasteiger partial charge is 0.0204 e. The van der Waals surface area contributed by atoms with Crippen LogP contribution in [0.4, 0.5) is 0 Å². The Kier molecular flexibility index (Phi) is 2.17. The van der Waals surface area contributed by atoms with Gasteiger partial charge in [0.05, 0.1) is 0 Å². The minimum Gasteiger partial charge on any atom is -0.244 e. The largest absolute Gasteiger partial charge is 0.244 e. The Morgan fingerprint density at radius 2 is 2.09 bits per heavy atom. The van der Waals surface area contributed by atoms with Gasteiger partial charge in [-0.3, -0.25) is 0 Å². The molecule has 1 nitrogen and oxygen atoms in total. The van der Waals surface area contributed by atoms with Gasteiger partial charge in [-0.15, -0.1) is 0 Å². The molecule has 64 valence electrons. The van der Waals surface area contributed by atoms with Crippen molar-refractivity contribution in [3.8, 4) is 0 Å². The first-order chi connectivity index (χ1) is 5.22. The molecule has 2 aliphatic rings. The molecule has 1 aliphatic carbocycles. The van der Waals surface area contributed by atoms with E-state index in [1.54, 1.807) is 0 Å². The van der Waals surface area contributed by atoms with Gasteiger partial charge in [0.2, 0.25) is 0 Å². The van der Waals surface area contributed by atoms with Gasteiger partial charge in [0, 0.05) is 35.5 Å². The highest BCUT2D eigenvalue weighted by atomic mass is 127. The minimum absolute atomic E-state index is 0.772. The van der Waals surface area contributed by atoms with Gasteiger partial charge in [-0.25, -0.2) is 3.11 Å². The molecule has 0 aromatic rings. The minimum atomic E-state index is 0.772. The number of rotatable bonds is 0. The van der Waals surface area contributed by atoms with Crippen molar-refractivity contribution in [1.29, 1.82) is 0 Å². The highest BCUT2D eigenvalue weighted by Crippen LogP contribution is 2.49. The zero-order valence-electron chi connectivity index (χ0n) is 7.15. The number of piperidine rings is 1. The summed E-state index contributed by atoms with van der Waals surface area (Å²) in [5.41, 5.74) is 0.772. The second-order valence-corrected chi connectivity index (χ2v) is 5.54. The predicted molar refractivity (Wildman–Crippen MR) is 55.7 cm³/mol. The predicted octanol–water partition coefficient (Wildman–Crippen LogP) is 2.99. The Balaban J connectivity index is 1.97. The number of nitrogens with zero attached hydrogens (tertiary/aromatic N) is 1. The molecule has 2 fully saturated rings. The summed E-state index contributed by atoms with van der Waals surface area (Å²) in [5.74, 6) is 0. The summed E-state index contributed by atoms with van der Waals surface area (Å²) < 4.78 is 2.51. The van der Waals surface area contributed by atoms with Gasteiger partial charge in [0.1, 0.15) is 0 Å². The summed E-state index contributed by atoms with van der Waals surface area (Å²) in [6.45, 7) is 3.70. The maximum Gasteiger partial charge on any atom is 0.0204 e. The molecule has 2 rings (SSSR count). The first kappa shape index (κ1) is 8.30. The van der Waals surface area contributed by atoms with Gasteiger partial charge in [-0.2, -0.15) is 0 Å². The van der Waals surface area contributed by atoms with Crippen LogP contribution < -0.4 is 0 Å². The van der Waals surface area contributed by atoms with Crippen LogP contribution in [0.1, 0.15) is 39.0 Å². The summed E-state index contributed by atoms with van der Waals surface area (Å²) in [5, 5.41) is 0. The van der Waals surface area contributed by atoms with Crippen LogP contribution in [0.5, 0.6) is 0 Å². The van der Waals surface area contributed by atoms with E-state index in [9.17, 15) is 0 Å². The number of halogens is 1. The third-order valence-electron chi connectivity index (χ3n) is 3.47. The molecule has 0 amide bonds. The van der Waals surface area contributed by atoms with Crippen molar-refractivity contribution in [1.82, 2.24) is 3.11 Å². The van der Waals surface area contributed by atoms with Crippen LogP contribution >= 0.6 is 22.9 Å². The van der Waals surface area contributed by atoms with Crippen molar-refractivity contribution in [2.45, 2.75) is 45.1 Å². The van der Waals surface area contributed by atoms with Gasteiger partial charge in [0.15, 0.2) is 0 Å². The van der Waals surface area contributed by atoms with E-state index in [-0.39, 0.29) is 0 Å². The fourth-order valence-corrected chi connectivity index (χ4v) is 3.30. The van der Waals surface area contributed by atoms with Crippen molar-refractivity contribution in [3.05, 3.63) is 0 Å². The Bertz CT molecular complexity index is 154. The molecule has 0 bridgehead atoms. The quantitative estimate of drug-likeness (QED) is 0.480. The van der Waals surface area contributed by atoms with Crippen LogP contribution in [0.3, 0.4) is 0 Å². The monoisotopic (exact) mass is 265 g/mol. The van der Waals surface area contributed by atoms with E-state index in [0.717, 1.165) is 11.5 Å². The van der Waals surface area contributed by atoms with E-state index < -0.39 is 0 Å². The summed E-state index contributed by atoms with van der Waals surface area (Å²) >= 11 is 2.50. The molecule has 1 saturated carbocycles. The molecule has 1 heterocycles. The van der Waals surface area contributed by atoms with E-state index in [0.29, 0.717) is 0 Å². The normalized spacial score (nSPS) is 37.1. The first-order valence-electron chi connectivity index (χ1n) is 4.64. The Hall–Kier alpha value is 0.690. The maximum absolute atomic E-state index is 2.51. The van der Waals surface area contributed by atoms with Gasteiger partial charge < -0.3 is 0 Å². The zero-order chi connectivity index (χ0) is 7.90. The van der Waals surface area contributed by atoms with Gasteiger partial charge in [-0.1, -0.05) is 6.42 Å². The molecule has 0 radical (unpaired) electrons. The van der Waals surface area contributed by atoms with Crippen molar-refractivity contribution >= 4 is 22.9 Å². The maximum atomic E-state index is 2.51. The van der Waals surface area contributed by atoms with Crippen molar-refractivity contribution in [3.63, 3.8) is 0 Å². The van der Waals surface area contributed by atoms with Crippen LogP contribution in [0.25, 0.3) is 0 Å². The molecule has 2 heteroatoms. The summed E-state index contributed by atoms with van der Waals surface area (Å²) in [6, 6.07) is 0.821. The average Bonchev–Trinajstić information content (AvgIpc) is 1.92. The fourth-order valence-electron chi connectivity index (χ4n) is 2.30. The molecule has 1 unspecified atom stereocenters. The van der Waals surface area contributed by atoms with Gasteiger partial charge in [0.25, 0.3) is 0 Å². The average molecular weight is 265 g/mol. The number of hydrogen-bond donors (Lipinski definition) is 0. The Morgan fingerprint density at radius 3 is 2.55 bits per heavy atom. The molecular formula is C9H16IN. The molecule has 0 aromatic carbocycles. The third kappa shape index (κ3) is 1.44. The first-order valence-corrected chi connectivity index (χ1v) is 5.61. The lowest BCUT2D eigenvalue weighted by Gasteiger charge is -2.49. The third-order valence-corrected chi connectivity index (χ3v) is 4.76. The fraction of sp³-hybridized carbons (Fsp3) is 1.00. The summed E-state index contributed by atoms with van der Waals surface area (Å²) in [7, 11) is 0. The molecule has 11 heavy (non-hydrogen) atoms. The van der Waals surface area contributed by atoms with Crippen LogP contribution in [-0.2, 0) is 0 Å². The number of hydrogen-bond acceptors (Lipinski definition) is 1. The van der Waals surface area contributed by atoms with Crippen molar-refractivity contribution in [2.24, 2.45) is 5.41 Å². The SMILES string of the molecule is CC1CCC2(CCC2)CN1I. The lowest BCUT2D eigenvalue weighted by molar-refractivity contribution is 0.0473. The molecule has 1 saturated heterocycles. The van der Waals surface area contributed by atoms with Crippen molar-refractivity contribution in [2.75, 3.05) is 6.54 Å². The van der Waals surface area contributed by atoms with E-state index >= 15 is 0 Å². The molecular weight excluding hydrogens is 249 g/mol. The standard InChI is InChI=1S/C9H16IN/c1-8-3-6-9(4-2-5-9)7-11(8)10/h8H,2-7H2,1H3. The van der Waals surface area contributed by atoms with Crippen LogP contribution in [0.15, 0.2) is 0 Å². The molecule has 0 aromatic heterocycles. The molecule has 1 aliphatic heterocycles. The van der Waals surface area contributed by atoms with Crippen LogP contribution in [-0.4, -0.2) is 15.7 Å². The van der Waals surface area contributed by atoms with E-state index in [1.165, 1.54) is 38.6 Å². The highest BCUT2D eigenvalue weighted by molar-refractivity contribution is 14.1.